The van der Waals surface area contributed by atoms with Gasteiger partial charge < -0.3 is 15.0 Å². The first kappa shape index (κ1) is 23.3. The number of sulfonamides is 1. The Bertz CT molecular complexity index is 1150. The number of carbonyl (C=O) groups excluding carboxylic acids is 3. The summed E-state index contributed by atoms with van der Waals surface area (Å²) in [6, 6.07) is 12.2. The maximum absolute atomic E-state index is 13.1. The highest BCUT2D eigenvalue weighted by molar-refractivity contribution is 7.90. The van der Waals surface area contributed by atoms with Crippen molar-refractivity contribution >= 4 is 27.7 Å². The number of methoxy groups -OCH3 is 1. The van der Waals surface area contributed by atoms with Crippen molar-refractivity contribution in [3.8, 4) is 5.75 Å². The van der Waals surface area contributed by atoms with Gasteiger partial charge in [0.25, 0.3) is 15.9 Å². The second kappa shape index (κ2) is 9.39. The Kier molecular flexibility index (Phi) is 6.83. The molecule has 0 spiro atoms. The van der Waals surface area contributed by atoms with E-state index in [2.05, 4.69) is 5.32 Å². The molecule has 1 unspecified atom stereocenters. The Hall–Kier alpha value is -3.40. The minimum absolute atomic E-state index is 0.0654. The van der Waals surface area contributed by atoms with Gasteiger partial charge in [-0.15, -0.1) is 0 Å². The molecule has 9 nitrogen and oxygen atoms in total. The van der Waals surface area contributed by atoms with Crippen molar-refractivity contribution < 1.29 is 27.5 Å². The summed E-state index contributed by atoms with van der Waals surface area (Å²) in [6.45, 7) is 1.39. The molecule has 1 aliphatic rings. The van der Waals surface area contributed by atoms with E-state index in [-0.39, 0.29) is 35.9 Å². The van der Waals surface area contributed by atoms with Gasteiger partial charge in [0.1, 0.15) is 16.7 Å². The van der Waals surface area contributed by atoms with Crippen LogP contribution in [0.2, 0.25) is 0 Å². The topological polar surface area (TPSA) is 113 Å². The molecule has 0 radical (unpaired) electrons. The molecule has 0 fully saturated rings. The van der Waals surface area contributed by atoms with Crippen LogP contribution in [0, 0.1) is 0 Å². The zero-order valence-corrected chi connectivity index (χ0v) is 18.9. The van der Waals surface area contributed by atoms with Gasteiger partial charge in [0, 0.05) is 26.6 Å². The molecule has 2 aromatic rings. The molecule has 10 heteroatoms. The molecule has 1 heterocycles. The zero-order valence-electron chi connectivity index (χ0n) is 18.1. The van der Waals surface area contributed by atoms with E-state index < -0.39 is 27.9 Å². The lowest BCUT2D eigenvalue weighted by atomic mass is 10.1. The van der Waals surface area contributed by atoms with Gasteiger partial charge in [0.05, 0.1) is 12.7 Å². The summed E-state index contributed by atoms with van der Waals surface area (Å²) >= 11 is 0. The predicted octanol–water partition coefficient (Wildman–Crippen LogP) is 1.39. The van der Waals surface area contributed by atoms with Crippen LogP contribution in [0.25, 0.3) is 0 Å². The predicted molar refractivity (Wildman–Crippen MR) is 116 cm³/mol. The van der Waals surface area contributed by atoms with Gasteiger partial charge in [-0.05, 0) is 36.8 Å². The number of hydrogen-bond acceptors (Lipinski definition) is 6. The maximum Gasteiger partial charge on any atom is 0.269 e. The largest absolute Gasteiger partial charge is 0.497 e. The monoisotopic (exact) mass is 459 g/mol. The van der Waals surface area contributed by atoms with Gasteiger partial charge in [-0.2, -0.15) is 0 Å². The normalized spacial score (nSPS) is 15.1. The van der Waals surface area contributed by atoms with E-state index in [1.165, 1.54) is 31.2 Å². The van der Waals surface area contributed by atoms with Gasteiger partial charge in [-0.25, -0.2) is 12.7 Å². The molecule has 3 amide bonds. The summed E-state index contributed by atoms with van der Waals surface area (Å²) in [4.78, 5) is 39.2. The standard InChI is InChI=1S/C22H25N3O6S/c1-15(21(27)23-2)24(14-16-7-6-8-17(13-16)31-3)20(26)11-12-25-22(28)18-9-4-5-10-19(18)32(25,29)30/h4-10,13,15H,11-12,14H2,1-3H3,(H,23,27). The van der Waals surface area contributed by atoms with Crippen LogP contribution in [0.4, 0.5) is 0 Å². The second-order valence-electron chi connectivity index (χ2n) is 7.29. The molecule has 2 aromatic carbocycles. The number of fused-ring (bicyclic) bond motifs is 1. The average Bonchev–Trinajstić information content (AvgIpc) is 3.00. The van der Waals surface area contributed by atoms with Crippen molar-refractivity contribution in [1.29, 1.82) is 0 Å². The molecule has 3 rings (SSSR count). The number of nitrogens with one attached hydrogen (secondary N) is 1. The molecule has 0 saturated carbocycles. The first-order valence-corrected chi connectivity index (χ1v) is 11.4. The summed E-state index contributed by atoms with van der Waals surface area (Å²) in [5.41, 5.74) is 0.831. The number of rotatable bonds is 8. The Labute approximate surface area is 187 Å². The highest BCUT2D eigenvalue weighted by Gasteiger charge is 2.41. The summed E-state index contributed by atoms with van der Waals surface area (Å²) in [6.07, 6.45) is -0.260. The fraction of sp³-hybridized carbons (Fsp3) is 0.318. The second-order valence-corrected chi connectivity index (χ2v) is 9.12. The van der Waals surface area contributed by atoms with Crippen molar-refractivity contribution in [3.05, 3.63) is 59.7 Å². The van der Waals surface area contributed by atoms with Crippen LogP contribution in [0.15, 0.2) is 53.4 Å². The SMILES string of the molecule is CNC(=O)C(C)N(Cc1cccc(OC)c1)C(=O)CCN1C(=O)c2ccccc2S1(=O)=O. The highest BCUT2D eigenvalue weighted by atomic mass is 32.2. The molecule has 32 heavy (non-hydrogen) atoms. The Morgan fingerprint density at radius 1 is 1.16 bits per heavy atom. The molecule has 0 saturated heterocycles. The van der Waals surface area contributed by atoms with Gasteiger partial charge >= 0.3 is 0 Å². The molecule has 0 aromatic heterocycles. The molecule has 0 bridgehead atoms. The molecule has 1 aliphatic heterocycles. The van der Waals surface area contributed by atoms with Crippen LogP contribution in [0.1, 0.15) is 29.3 Å². The van der Waals surface area contributed by atoms with Crippen molar-refractivity contribution in [3.63, 3.8) is 0 Å². The maximum atomic E-state index is 13.1. The first-order chi connectivity index (χ1) is 15.2. The van der Waals surface area contributed by atoms with Crippen molar-refractivity contribution in [2.45, 2.75) is 30.8 Å². The fourth-order valence-electron chi connectivity index (χ4n) is 3.55. The quantitative estimate of drug-likeness (QED) is 0.638. The number of likely N-dealkylation sites (N-methyl/N-ethyl adjacent to an activating group) is 1. The third-order valence-electron chi connectivity index (χ3n) is 5.34. The van der Waals surface area contributed by atoms with E-state index in [1.54, 1.807) is 43.3 Å². The smallest absolute Gasteiger partial charge is 0.269 e. The van der Waals surface area contributed by atoms with Crippen LogP contribution in [0.3, 0.4) is 0 Å². The van der Waals surface area contributed by atoms with Gasteiger partial charge in [0.15, 0.2) is 0 Å². The minimum Gasteiger partial charge on any atom is -0.497 e. The van der Waals surface area contributed by atoms with Crippen molar-refractivity contribution in [1.82, 2.24) is 14.5 Å². The molecule has 170 valence electrons. The van der Waals surface area contributed by atoms with E-state index in [9.17, 15) is 22.8 Å². The third kappa shape index (κ3) is 4.45. The van der Waals surface area contributed by atoms with Gasteiger partial charge in [-0.1, -0.05) is 24.3 Å². The summed E-state index contributed by atoms with van der Waals surface area (Å²) in [7, 11) is -1.01. The number of benzene rings is 2. The molecule has 0 aliphatic carbocycles. The van der Waals surface area contributed by atoms with E-state index in [0.717, 1.165) is 5.56 Å². The third-order valence-corrected chi connectivity index (χ3v) is 7.18. The minimum atomic E-state index is -4.01. The molecule has 1 N–H and O–H groups in total. The number of hydrogen-bond donors (Lipinski definition) is 1. The highest BCUT2D eigenvalue weighted by Crippen LogP contribution is 2.30. The molecular weight excluding hydrogens is 434 g/mol. The number of amides is 3. The summed E-state index contributed by atoms with van der Waals surface area (Å²) in [5, 5.41) is 2.52. The first-order valence-electron chi connectivity index (χ1n) is 10.0. The van der Waals surface area contributed by atoms with E-state index in [4.69, 9.17) is 4.74 Å². The Morgan fingerprint density at radius 2 is 1.88 bits per heavy atom. The van der Waals surface area contributed by atoms with Crippen LogP contribution >= 0.6 is 0 Å². The Morgan fingerprint density at radius 3 is 2.53 bits per heavy atom. The lowest BCUT2D eigenvalue weighted by Crippen LogP contribution is -2.47. The number of nitrogens with zero attached hydrogens (tertiary/aromatic N) is 2. The van der Waals surface area contributed by atoms with Crippen LogP contribution < -0.4 is 10.1 Å². The fourth-order valence-corrected chi connectivity index (χ4v) is 5.12. The van der Waals surface area contributed by atoms with E-state index in [1.807, 2.05) is 0 Å². The number of carbonyl (C=O) groups is 3. The van der Waals surface area contributed by atoms with Crippen LogP contribution in [-0.4, -0.2) is 62.1 Å². The van der Waals surface area contributed by atoms with Crippen LogP contribution in [0.5, 0.6) is 5.75 Å². The average molecular weight is 460 g/mol. The molecule has 1 atom stereocenters. The summed E-state index contributed by atoms with van der Waals surface area (Å²) in [5.74, 6) is -0.873. The summed E-state index contributed by atoms with van der Waals surface area (Å²) < 4.78 is 31.4. The Balaban J connectivity index is 1.79. The number of ether oxygens (including phenoxy) is 1. The molecular formula is C22H25N3O6S. The van der Waals surface area contributed by atoms with Crippen molar-refractivity contribution in [2.75, 3.05) is 20.7 Å². The van der Waals surface area contributed by atoms with E-state index >= 15 is 0 Å². The lowest BCUT2D eigenvalue weighted by Gasteiger charge is -2.29. The van der Waals surface area contributed by atoms with Crippen molar-refractivity contribution in [2.24, 2.45) is 0 Å². The lowest BCUT2D eigenvalue weighted by molar-refractivity contribution is -0.140. The van der Waals surface area contributed by atoms with Crippen LogP contribution in [-0.2, 0) is 26.2 Å². The zero-order chi connectivity index (χ0) is 23.5. The van der Waals surface area contributed by atoms with Gasteiger partial charge in [-0.3, -0.25) is 14.4 Å². The van der Waals surface area contributed by atoms with E-state index in [0.29, 0.717) is 10.1 Å². The van der Waals surface area contributed by atoms with Gasteiger partial charge in [0.2, 0.25) is 11.8 Å².